The second-order valence-corrected chi connectivity index (χ2v) is 12.7. The summed E-state index contributed by atoms with van der Waals surface area (Å²) in [6, 6.07) is 14.7. The van der Waals surface area contributed by atoms with Gasteiger partial charge in [0.15, 0.2) is 0 Å². The fourth-order valence-corrected chi connectivity index (χ4v) is 7.69. The second-order valence-electron chi connectivity index (χ2n) is 7.98. The fraction of sp³-hybridized carbons (Fsp3) is 0.526. The third-order valence-electron chi connectivity index (χ3n) is 4.09. The van der Waals surface area contributed by atoms with E-state index in [1.54, 1.807) is 0 Å². The van der Waals surface area contributed by atoms with Crippen molar-refractivity contribution in [3.05, 3.63) is 42.5 Å². The molecule has 6 heteroatoms. The van der Waals surface area contributed by atoms with Crippen LogP contribution in [0.4, 0.5) is 0 Å². The molecule has 0 saturated carbocycles. The molecule has 1 radical (unpaired) electrons. The Morgan fingerprint density at radius 3 is 1.64 bits per heavy atom. The van der Waals surface area contributed by atoms with Gasteiger partial charge in [0.1, 0.15) is 0 Å². The van der Waals surface area contributed by atoms with E-state index in [9.17, 15) is 0 Å². The molecule has 0 fully saturated rings. The normalized spacial score (nSPS) is 11.6. The summed E-state index contributed by atoms with van der Waals surface area (Å²) in [7, 11) is 2.25. The average molecular weight is 438 g/mol. The van der Waals surface area contributed by atoms with Gasteiger partial charge in [-0.15, -0.1) is 29.7 Å². The van der Waals surface area contributed by atoms with Crippen molar-refractivity contribution in [2.24, 2.45) is 0 Å². The zero-order chi connectivity index (χ0) is 17.2. The monoisotopic (exact) mass is 437 g/mol. The Kier molecular flexibility index (Phi) is 13.5. The van der Waals surface area contributed by atoms with Crippen molar-refractivity contribution < 1.29 is 46.5 Å². The van der Waals surface area contributed by atoms with Crippen LogP contribution in [0.2, 0.25) is 0 Å². The first-order chi connectivity index (χ1) is 9.91. The molecule has 0 saturated heterocycles. The van der Waals surface area contributed by atoms with Crippen molar-refractivity contribution in [3.8, 4) is 0 Å². The molecule has 0 amide bonds. The molecular formula is C19H32Cl2N2PTi. The van der Waals surface area contributed by atoms with E-state index in [4.69, 9.17) is 5.16 Å². The summed E-state index contributed by atoms with van der Waals surface area (Å²) in [5.41, 5.74) is 0. The van der Waals surface area contributed by atoms with Crippen LogP contribution in [-0.2, 0) is 21.7 Å². The van der Waals surface area contributed by atoms with Crippen molar-refractivity contribution in [3.63, 3.8) is 0 Å². The van der Waals surface area contributed by atoms with Gasteiger partial charge in [0, 0.05) is 17.5 Å². The fourth-order valence-electron chi connectivity index (χ4n) is 3.28. The predicted molar refractivity (Wildman–Crippen MR) is 102 cm³/mol. The number of benzene rings is 1. The van der Waals surface area contributed by atoms with E-state index < -0.39 is 7.21 Å². The van der Waals surface area contributed by atoms with E-state index in [0.717, 1.165) is 0 Å². The number of fused-ring (bicyclic) bond motifs is 1. The van der Waals surface area contributed by atoms with Crippen LogP contribution in [-0.4, -0.2) is 29.1 Å². The summed E-state index contributed by atoms with van der Waals surface area (Å²) in [6.45, 7) is 13.1. The summed E-state index contributed by atoms with van der Waals surface area (Å²) >= 11 is 0. The summed E-state index contributed by atoms with van der Waals surface area (Å²) in [6.07, 6.45) is 0. The van der Waals surface area contributed by atoms with E-state index in [-0.39, 0.29) is 56.8 Å². The number of nitrogens with zero attached hydrogens (tertiary/aromatic N) is 1. The summed E-state index contributed by atoms with van der Waals surface area (Å²) < 4.78 is 2.13. The quantitative estimate of drug-likeness (QED) is 0.390. The number of rotatable bonds is 1. The summed E-state index contributed by atoms with van der Waals surface area (Å²) in [4.78, 5) is 0. The minimum Gasteiger partial charge on any atom is -1.00 e. The molecule has 2 nitrogen and oxygen atoms in total. The molecule has 0 aromatic heterocycles. The molecule has 2 rings (SSSR count). The van der Waals surface area contributed by atoms with Crippen LogP contribution in [0, 0.1) is 5.16 Å². The van der Waals surface area contributed by atoms with Crippen LogP contribution < -0.4 is 24.8 Å². The van der Waals surface area contributed by atoms with Crippen molar-refractivity contribution in [2.45, 2.75) is 51.9 Å². The molecule has 0 heterocycles. The van der Waals surface area contributed by atoms with Gasteiger partial charge in [0.2, 0.25) is 0 Å². The van der Waals surface area contributed by atoms with Gasteiger partial charge in [0.25, 0.3) is 0 Å². The van der Waals surface area contributed by atoms with Crippen molar-refractivity contribution in [2.75, 3.05) is 14.1 Å². The molecular weight excluding hydrogens is 406 g/mol. The van der Waals surface area contributed by atoms with Gasteiger partial charge in [0.05, 0.1) is 0 Å². The first-order valence-electron chi connectivity index (χ1n) is 7.84. The Bertz CT molecular complexity index is 607. The Morgan fingerprint density at radius 1 is 0.880 bits per heavy atom. The summed E-state index contributed by atoms with van der Waals surface area (Å²) in [5, 5.41) is 11.5. The van der Waals surface area contributed by atoms with Crippen LogP contribution in [0.25, 0.3) is 10.8 Å². The molecule has 0 spiro atoms. The standard InChI is InChI=1S/C10H25N2P.C9H7.2ClH.Ti/c1-9(2,3)13(11,12(7)8)10(4,5)6;1-2-5-9-7-3-6-8(9)4-1;;;/h11H,1-8H3;1-7H;2*1H;/q;-1;;;+3/p-2. The maximum absolute atomic E-state index is 8.72. The van der Waals surface area contributed by atoms with Crippen LogP contribution >= 0.6 is 7.21 Å². The SMILES string of the molecule is CN(C)P(=N)(C(C)(C)C)C(C)(C)C.[Cl-].[Cl-].[Ti+3].c1ccc2[cH-]ccc2c1. The first kappa shape index (κ1) is 30.1. The zero-order valence-corrected chi connectivity index (χ0v) is 20.7. The molecule has 0 aliphatic heterocycles. The van der Waals surface area contributed by atoms with Gasteiger partial charge in [-0.25, -0.2) is 0 Å². The molecule has 25 heavy (non-hydrogen) atoms. The number of hydrogen-bond donors (Lipinski definition) is 1. The van der Waals surface area contributed by atoms with E-state index in [0.29, 0.717) is 0 Å². The molecule has 0 unspecified atom stereocenters. The Hall–Kier alpha value is 0.314. The zero-order valence-electron chi connectivity index (χ0n) is 16.7. The van der Waals surface area contributed by atoms with E-state index in [2.05, 4.69) is 88.7 Å². The van der Waals surface area contributed by atoms with Crippen LogP contribution in [0.1, 0.15) is 41.5 Å². The van der Waals surface area contributed by atoms with Crippen molar-refractivity contribution in [1.82, 2.24) is 4.67 Å². The molecule has 0 aliphatic rings. The third-order valence-corrected chi connectivity index (χ3v) is 9.17. The molecule has 141 valence electrons. The number of halogens is 2. The van der Waals surface area contributed by atoms with Crippen molar-refractivity contribution in [1.29, 1.82) is 5.16 Å². The van der Waals surface area contributed by atoms with Crippen LogP contribution in [0.15, 0.2) is 42.5 Å². The second kappa shape index (κ2) is 11.2. The minimum atomic E-state index is -1.83. The van der Waals surface area contributed by atoms with Gasteiger partial charge < -0.3 is 30.0 Å². The van der Waals surface area contributed by atoms with Gasteiger partial charge in [-0.05, 0) is 14.1 Å². The third kappa shape index (κ3) is 7.09. The largest absolute Gasteiger partial charge is 3.00 e. The molecule has 1 N–H and O–H groups in total. The van der Waals surface area contributed by atoms with Crippen LogP contribution in [0.3, 0.4) is 0 Å². The van der Waals surface area contributed by atoms with Gasteiger partial charge >= 0.3 is 21.7 Å². The molecule has 2 aromatic rings. The molecule has 2 aromatic carbocycles. The molecule has 0 aliphatic carbocycles. The first-order valence-corrected chi connectivity index (χ1v) is 9.58. The van der Waals surface area contributed by atoms with Crippen LogP contribution in [0.5, 0.6) is 0 Å². The molecule has 0 atom stereocenters. The Labute approximate surface area is 182 Å². The van der Waals surface area contributed by atoms with E-state index in [1.807, 2.05) is 14.1 Å². The van der Waals surface area contributed by atoms with E-state index >= 15 is 0 Å². The topological polar surface area (TPSA) is 27.1 Å². The summed E-state index contributed by atoms with van der Waals surface area (Å²) in [5.74, 6) is 0. The maximum atomic E-state index is 8.72. The predicted octanol–water partition coefficient (Wildman–Crippen LogP) is 0.404. The van der Waals surface area contributed by atoms with Gasteiger partial charge in [-0.1, -0.05) is 47.6 Å². The number of nitrogens with one attached hydrogen (secondary N) is 1. The van der Waals surface area contributed by atoms with Gasteiger partial charge in [-0.2, -0.15) is 17.5 Å². The Morgan fingerprint density at radius 2 is 1.32 bits per heavy atom. The Balaban J connectivity index is -0.000000357. The van der Waals surface area contributed by atoms with Crippen molar-refractivity contribution >= 4 is 18.0 Å². The average Bonchev–Trinajstić information content (AvgIpc) is 2.83. The van der Waals surface area contributed by atoms with Gasteiger partial charge in [-0.3, -0.25) is 4.67 Å². The maximum Gasteiger partial charge on any atom is 3.00 e. The minimum absolute atomic E-state index is 0. The smallest absolute Gasteiger partial charge is 1.00 e. The molecule has 0 bridgehead atoms. The van der Waals surface area contributed by atoms with E-state index in [1.165, 1.54) is 10.8 Å². The number of hydrogen-bond acceptors (Lipinski definition) is 1.